The van der Waals surface area contributed by atoms with Gasteiger partial charge in [-0.1, -0.05) is 19.1 Å². The van der Waals surface area contributed by atoms with Gasteiger partial charge in [-0.3, -0.25) is 0 Å². The molecule has 1 aromatic carbocycles. The molecule has 2 N–H and O–H groups in total. The van der Waals surface area contributed by atoms with Gasteiger partial charge in [-0.25, -0.2) is 4.99 Å². The number of aliphatic imine (C=N–C) groups is 1. The van der Waals surface area contributed by atoms with Crippen LogP contribution >= 0.6 is 0 Å². The molecular weight excluding hydrogens is 300 g/mol. The minimum Gasteiger partial charge on any atom is -0.383 e. The van der Waals surface area contributed by atoms with E-state index in [-0.39, 0.29) is 0 Å². The third kappa shape index (κ3) is 6.04. The highest BCUT2D eigenvalue weighted by molar-refractivity contribution is 5.80. The Morgan fingerprint density at radius 1 is 1.33 bits per heavy atom. The van der Waals surface area contributed by atoms with E-state index in [4.69, 9.17) is 9.73 Å². The van der Waals surface area contributed by atoms with Crippen LogP contribution in [-0.4, -0.2) is 50.8 Å². The zero-order chi connectivity index (χ0) is 17.2. The Morgan fingerprint density at radius 3 is 2.79 bits per heavy atom. The number of rotatable bonds is 7. The Balaban J connectivity index is 1.92. The van der Waals surface area contributed by atoms with E-state index >= 15 is 0 Å². The number of hydrogen-bond donors (Lipinski definition) is 2. The molecule has 0 saturated carbocycles. The van der Waals surface area contributed by atoms with Crippen molar-refractivity contribution in [2.45, 2.75) is 33.2 Å². The predicted octanol–water partition coefficient (Wildman–Crippen LogP) is 2.94. The summed E-state index contributed by atoms with van der Waals surface area (Å²) in [7, 11) is 1.72. The van der Waals surface area contributed by atoms with Crippen LogP contribution in [0.15, 0.2) is 29.3 Å². The van der Waals surface area contributed by atoms with E-state index in [2.05, 4.69) is 53.6 Å². The van der Waals surface area contributed by atoms with E-state index in [9.17, 15) is 0 Å². The van der Waals surface area contributed by atoms with Crippen LogP contribution < -0.4 is 10.6 Å². The summed E-state index contributed by atoms with van der Waals surface area (Å²) in [5.41, 5.74) is 2.35. The fraction of sp³-hybridized carbons (Fsp3) is 0.632. The van der Waals surface area contributed by atoms with Crippen molar-refractivity contribution in [2.24, 2.45) is 10.9 Å². The Labute approximate surface area is 146 Å². The first-order chi connectivity index (χ1) is 11.7. The molecule has 1 saturated heterocycles. The predicted molar refractivity (Wildman–Crippen MR) is 102 cm³/mol. The van der Waals surface area contributed by atoms with Gasteiger partial charge in [0.15, 0.2) is 5.96 Å². The van der Waals surface area contributed by atoms with Gasteiger partial charge in [0.25, 0.3) is 0 Å². The topological polar surface area (TPSA) is 48.9 Å². The Bertz CT molecular complexity index is 501. The normalized spacial score (nSPS) is 18.5. The summed E-state index contributed by atoms with van der Waals surface area (Å²) in [5.74, 6) is 1.80. The molecular formula is C19H32N4O. The van der Waals surface area contributed by atoms with Crippen LogP contribution in [0.1, 0.15) is 32.3 Å². The maximum absolute atomic E-state index is 5.05. The maximum Gasteiger partial charge on any atom is 0.194 e. The second-order valence-electron chi connectivity index (χ2n) is 6.48. The van der Waals surface area contributed by atoms with Crippen molar-refractivity contribution in [1.82, 2.24) is 10.2 Å². The quantitative estimate of drug-likeness (QED) is 0.458. The fourth-order valence-electron chi connectivity index (χ4n) is 3.00. The number of piperidine rings is 1. The first kappa shape index (κ1) is 18.6. The summed E-state index contributed by atoms with van der Waals surface area (Å²) < 4.78 is 5.05. The lowest BCUT2D eigenvalue weighted by atomic mass is 10.0. The van der Waals surface area contributed by atoms with Crippen LogP contribution in [0, 0.1) is 5.92 Å². The molecule has 2 rings (SSSR count). The third-order valence-electron chi connectivity index (χ3n) is 4.29. The van der Waals surface area contributed by atoms with Crippen molar-refractivity contribution >= 4 is 11.6 Å². The summed E-state index contributed by atoms with van der Waals surface area (Å²) in [6.45, 7) is 9.83. The summed E-state index contributed by atoms with van der Waals surface area (Å²) in [6.07, 6.45) is 2.58. The number of likely N-dealkylation sites (tertiary alicyclic amines) is 1. The van der Waals surface area contributed by atoms with Gasteiger partial charge in [-0.05, 0) is 43.4 Å². The highest BCUT2D eigenvalue weighted by atomic mass is 16.5. The SMILES string of the molecule is CCNC(=NCc1ccc(NCCOC)cc1)N1CCCC(C)C1. The van der Waals surface area contributed by atoms with Crippen LogP contribution in [0.2, 0.25) is 0 Å². The molecule has 1 aliphatic rings. The number of methoxy groups -OCH3 is 1. The standard InChI is InChI=1S/C19H32N4O/c1-4-20-19(23-12-5-6-16(2)15-23)22-14-17-7-9-18(10-8-17)21-11-13-24-3/h7-10,16,21H,4-6,11-15H2,1-3H3,(H,20,22). The minimum atomic E-state index is 0.714. The van der Waals surface area contributed by atoms with Crippen LogP contribution in [-0.2, 0) is 11.3 Å². The largest absolute Gasteiger partial charge is 0.383 e. The first-order valence-corrected chi connectivity index (χ1v) is 9.08. The van der Waals surface area contributed by atoms with Gasteiger partial charge in [0.2, 0.25) is 0 Å². The molecule has 24 heavy (non-hydrogen) atoms. The summed E-state index contributed by atoms with van der Waals surface area (Å²) >= 11 is 0. The monoisotopic (exact) mass is 332 g/mol. The van der Waals surface area contributed by atoms with Crippen LogP contribution in [0.3, 0.4) is 0 Å². The van der Waals surface area contributed by atoms with Gasteiger partial charge in [0, 0.05) is 39.0 Å². The molecule has 0 bridgehead atoms. The molecule has 134 valence electrons. The van der Waals surface area contributed by atoms with E-state index in [1.165, 1.54) is 18.4 Å². The molecule has 1 heterocycles. The highest BCUT2D eigenvalue weighted by Crippen LogP contribution is 2.16. The zero-order valence-corrected chi connectivity index (χ0v) is 15.3. The number of nitrogens with zero attached hydrogens (tertiary/aromatic N) is 2. The van der Waals surface area contributed by atoms with E-state index in [0.29, 0.717) is 13.2 Å². The van der Waals surface area contributed by atoms with E-state index < -0.39 is 0 Å². The molecule has 0 spiro atoms. The lowest BCUT2D eigenvalue weighted by Crippen LogP contribution is -2.46. The average Bonchev–Trinajstić information content (AvgIpc) is 2.60. The van der Waals surface area contributed by atoms with Gasteiger partial charge in [0.05, 0.1) is 13.2 Å². The highest BCUT2D eigenvalue weighted by Gasteiger charge is 2.18. The Morgan fingerprint density at radius 2 is 2.12 bits per heavy atom. The molecule has 1 unspecified atom stereocenters. The number of nitrogens with one attached hydrogen (secondary N) is 2. The summed E-state index contributed by atoms with van der Waals surface area (Å²) in [4.78, 5) is 7.24. The number of ether oxygens (including phenoxy) is 1. The molecule has 1 fully saturated rings. The van der Waals surface area contributed by atoms with Crippen molar-refractivity contribution in [2.75, 3.05) is 45.2 Å². The second kappa shape index (κ2) is 10.2. The zero-order valence-electron chi connectivity index (χ0n) is 15.3. The molecule has 1 atom stereocenters. The fourth-order valence-corrected chi connectivity index (χ4v) is 3.00. The van der Waals surface area contributed by atoms with Crippen molar-refractivity contribution in [1.29, 1.82) is 0 Å². The van der Waals surface area contributed by atoms with Crippen LogP contribution in [0.5, 0.6) is 0 Å². The number of hydrogen-bond acceptors (Lipinski definition) is 3. The summed E-state index contributed by atoms with van der Waals surface area (Å²) in [6, 6.07) is 8.49. The Kier molecular flexibility index (Phi) is 7.89. The van der Waals surface area contributed by atoms with E-state index in [1.54, 1.807) is 7.11 Å². The van der Waals surface area contributed by atoms with Crippen molar-refractivity contribution < 1.29 is 4.74 Å². The van der Waals surface area contributed by atoms with E-state index in [1.807, 2.05) is 0 Å². The second-order valence-corrected chi connectivity index (χ2v) is 6.48. The lowest BCUT2D eigenvalue weighted by Gasteiger charge is -2.33. The Hall–Kier alpha value is -1.75. The molecule has 0 radical (unpaired) electrons. The van der Waals surface area contributed by atoms with Gasteiger partial charge >= 0.3 is 0 Å². The molecule has 1 aliphatic heterocycles. The lowest BCUT2D eigenvalue weighted by molar-refractivity contribution is 0.211. The van der Waals surface area contributed by atoms with Crippen molar-refractivity contribution in [3.63, 3.8) is 0 Å². The molecule has 5 heteroatoms. The van der Waals surface area contributed by atoms with Gasteiger partial charge in [0.1, 0.15) is 0 Å². The molecule has 0 aromatic heterocycles. The maximum atomic E-state index is 5.05. The van der Waals surface area contributed by atoms with Crippen LogP contribution in [0.25, 0.3) is 0 Å². The first-order valence-electron chi connectivity index (χ1n) is 9.08. The number of benzene rings is 1. The minimum absolute atomic E-state index is 0.714. The number of anilines is 1. The van der Waals surface area contributed by atoms with Gasteiger partial charge in [-0.15, -0.1) is 0 Å². The van der Waals surface area contributed by atoms with E-state index in [0.717, 1.165) is 43.7 Å². The molecule has 0 amide bonds. The van der Waals surface area contributed by atoms with Crippen molar-refractivity contribution in [3.8, 4) is 0 Å². The molecule has 1 aromatic rings. The molecule has 5 nitrogen and oxygen atoms in total. The number of guanidine groups is 1. The summed E-state index contributed by atoms with van der Waals surface area (Å²) in [5, 5.41) is 6.77. The smallest absolute Gasteiger partial charge is 0.194 e. The van der Waals surface area contributed by atoms with Crippen molar-refractivity contribution in [3.05, 3.63) is 29.8 Å². The third-order valence-corrected chi connectivity index (χ3v) is 4.29. The van der Waals surface area contributed by atoms with Crippen LogP contribution in [0.4, 0.5) is 5.69 Å². The average molecular weight is 332 g/mol. The van der Waals surface area contributed by atoms with Gasteiger partial charge in [-0.2, -0.15) is 0 Å². The molecule has 0 aliphatic carbocycles. The van der Waals surface area contributed by atoms with Gasteiger partial charge < -0.3 is 20.3 Å².